The first kappa shape index (κ1) is 13.6. The summed E-state index contributed by atoms with van der Waals surface area (Å²) >= 11 is 3.42. The molecule has 0 saturated carbocycles. The fourth-order valence-electron chi connectivity index (χ4n) is 1.82. The average molecular weight is 319 g/mol. The summed E-state index contributed by atoms with van der Waals surface area (Å²) in [7, 11) is 0. The topological polar surface area (TPSA) is 55.1 Å². The van der Waals surface area contributed by atoms with Crippen molar-refractivity contribution in [3.8, 4) is 0 Å². The van der Waals surface area contributed by atoms with Crippen molar-refractivity contribution < 1.29 is 4.79 Å². The van der Waals surface area contributed by atoms with E-state index >= 15 is 0 Å². The van der Waals surface area contributed by atoms with Gasteiger partial charge in [-0.05, 0) is 48.9 Å². The highest BCUT2D eigenvalue weighted by atomic mass is 79.9. The molecule has 3 N–H and O–H groups in total. The third-order valence-electron chi connectivity index (χ3n) is 2.92. The van der Waals surface area contributed by atoms with Gasteiger partial charge < -0.3 is 11.1 Å². The standard InChI is InChI=1S/C15H15BrN2O/c1-10(11-2-6-13(16)7-3-11)18-14-8-4-12(5-9-14)15(17)19/h2-10,18H,1H3,(H2,17,19). The van der Waals surface area contributed by atoms with Gasteiger partial charge in [0, 0.05) is 21.8 Å². The van der Waals surface area contributed by atoms with Crippen molar-refractivity contribution >= 4 is 27.5 Å². The second-order valence-corrected chi connectivity index (χ2v) is 5.27. The van der Waals surface area contributed by atoms with Gasteiger partial charge in [0.1, 0.15) is 0 Å². The SMILES string of the molecule is CC(Nc1ccc(C(N)=O)cc1)c1ccc(Br)cc1. The van der Waals surface area contributed by atoms with Gasteiger partial charge in [-0.25, -0.2) is 0 Å². The number of benzene rings is 2. The Labute approximate surface area is 121 Å². The third kappa shape index (κ3) is 3.58. The molecule has 0 bridgehead atoms. The van der Waals surface area contributed by atoms with E-state index in [0.717, 1.165) is 10.2 Å². The van der Waals surface area contributed by atoms with Crippen molar-refractivity contribution in [2.75, 3.05) is 5.32 Å². The Morgan fingerprint density at radius 3 is 2.21 bits per heavy atom. The van der Waals surface area contributed by atoms with Crippen LogP contribution in [0.2, 0.25) is 0 Å². The van der Waals surface area contributed by atoms with E-state index in [1.54, 1.807) is 12.1 Å². The summed E-state index contributed by atoms with van der Waals surface area (Å²) in [5.41, 5.74) is 7.88. The Morgan fingerprint density at radius 2 is 1.68 bits per heavy atom. The lowest BCUT2D eigenvalue weighted by molar-refractivity contribution is 0.100. The molecule has 0 aromatic heterocycles. The molecule has 0 aliphatic carbocycles. The second-order valence-electron chi connectivity index (χ2n) is 4.36. The minimum atomic E-state index is -0.410. The molecule has 0 saturated heterocycles. The predicted octanol–water partition coefficient (Wildman–Crippen LogP) is 3.72. The molecule has 0 radical (unpaired) electrons. The molecule has 98 valence electrons. The van der Waals surface area contributed by atoms with Crippen LogP contribution >= 0.6 is 15.9 Å². The van der Waals surface area contributed by atoms with Gasteiger partial charge in [-0.2, -0.15) is 0 Å². The maximum atomic E-state index is 11.0. The molecule has 0 aliphatic rings. The average Bonchev–Trinajstić information content (AvgIpc) is 2.40. The maximum Gasteiger partial charge on any atom is 0.248 e. The van der Waals surface area contributed by atoms with Crippen molar-refractivity contribution in [1.29, 1.82) is 0 Å². The largest absolute Gasteiger partial charge is 0.379 e. The highest BCUT2D eigenvalue weighted by Crippen LogP contribution is 2.21. The normalized spacial score (nSPS) is 11.9. The molecule has 0 heterocycles. The minimum Gasteiger partial charge on any atom is -0.379 e. The van der Waals surface area contributed by atoms with Crippen molar-refractivity contribution in [3.63, 3.8) is 0 Å². The second kappa shape index (κ2) is 5.89. The number of nitrogens with one attached hydrogen (secondary N) is 1. The molecule has 3 nitrogen and oxygen atoms in total. The summed E-state index contributed by atoms with van der Waals surface area (Å²) in [6, 6.07) is 15.5. The van der Waals surface area contributed by atoms with Crippen LogP contribution in [0.25, 0.3) is 0 Å². The lowest BCUT2D eigenvalue weighted by atomic mass is 10.1. The zero-order valence-corrected chi connectivity index (χ0v) is 12.1. The van der Waals surface area contributed by atoms with Crippen molar-refractivity contribution in [2.24, 2.45) is 5.73 Å². The van der Waals surface area contributed by atoms with E-state index in [4.69, 9.17) is 5.73 Å². The first-order valence-electron chi connectivity index (χ1n) is 5.98. The van der Waals surface area contributed by atoms with Crippen LogP contribution in [0, 0.1) is 0 Å². The Morgan fingerprint density at radius 1 is 1.11 bits per heavy atom. The summed E-state index contributed by atoms with van der Waals surface area (Å²) < 4.78 is 1.06. The van der Waals surface area contributed by atoms with Crippen LogP contribution in [0.15, 0.2) is 53.0 Å². The van der Waals surface area contributed by atoms with E-state index in [1.807, 2.05) is 24.3 Å². The number of hydrogen-bond acceptors (Lipinski definition) is 2. The molecule has 1 atom stereocenters. The number of halogens is 1. The fraction of sp³-hybridized carbons (Fsp3) is 0.133. The number of rotatable bonds is 4. The molecule has 0 spiro atoms. The molecule has 2 aromatic carbocycles. The highest BCUT2D eigenvalue weighted by Gasteiger charge is 2.06. The number of primary amides is 1. The van der Waals surface area contributed by atoms with Crippen LogP contribution in [0.4, 0.5) is 5.69 Å². The number of hydrogen-bond donors (Lipinski definition) is 2. The van der Waals surface area contributed by atoms with Gasteiger partial charge in [0.25, 0.3) is 0 Å². The van der Waals surface area contributed by atoms with Gasteiger partial charge in [0.2, 0.25) is 5.91 Å². The Balaban J connectivity index is 2.08. The van der Waals surface area contributed by atoms with Crippen LogP contribution in [-0.4, -0.2) is 5.91 Å². The van der Waals surface area contributed by atoms with Crippen LogP contribution < -0.4 is 11.1 Å². The Hall–Kier alpha value is -1.81. The van der Waals surface area contributed by atoms with E-state index in [2.05, 4.69) is 40.3 Å². The first-order valence-corrected chi connectivity index (χ1v) is 6.77. The number of carbonyl (C=O) groups excluding carboxylic acids is 1. The van der Waals surface area contributed by atoms with E-state index < -0.39 is 5.91 Å². The quantitative estimate of drug-likeness (QED) is 0.902. The molecule has 1 unspecified atom stereocenters. The molecule has 2 aromatic rings. The van der Waals surface area contributed by atoms with Gasteiger partial charge in [-0.1, -0.05) is 28.1 Å². The van der Waals surface area contributed by atoms with Crippen LogP contribution in [-0.2, 0) is 0 Å². The molecule has 2 rings (SSSR count). The summed E-state index contributed by atoms with van der Waals surface area (Å²) in [4.78, 5) is 11.0. The molecular formula is C15H15BrN2O. The number of nitrogens with two attached hydrogens (primary N) is 1. The van der Waals surface area contributed by atoms with Crippen LogP contribution in [0.3, 0.4) is 0 Å². The minimum absolute atomic E-state index is 0.188. The van der Waals surface area contributed by atoms with E-state index in [0.29, 0.717) is 5.56 Å². The fourth-order valence-corrected chi connectivity index (χ4v) is 2.08. The summed E-state index contributed by atoms with van der Waals surface area (Å²) in [5.74, 6) is -0.410. The third-order valence-corrected chi connectivity index (χ3v) is 3.45. The number of anilines is 1. The zero-order chi connectivity index (χ0) is 13.8. The van der Waals surface area contributed by atoms with Gasteiger partial charge in [0.05, 0.1) is 0 Å². The number of carbonyl (C=O) groups is 1. The lowest BCUT2D eigenvalue weighted by Crippen LogP contribution is -2.11. The first-order chi connectivity index (χ1) is 9.06. The molecule has 4 heteroatoms. The van der Waals surface area contributed by atoms with Crippen molar-refractivity contribution in [2.45, 2.75) is 13.0 Å². The lowest BCUT2D eigenvalue weighted by Gasteiger charge is -2.16. The van der Waals surface area contributed by atoms with Crippen molar-refractivity contribution in [3.05, 3.63) is 64.1 Å². The van der Waals surface area contributed by atoms with E-state index in [9.17, 15) is 4.79 Å². The highest BCUT2D eigenvalue weighted by molar-refractivity contribution is 9.10. The van der Waals surface area contributed by atoms with Gasteiger partial charge in [-0.3, -0.25) is 4.79 Å². The Bertz CT molecular complexity index is 564. The summed E-state index contributed by atoms with van der Waals surface area (Å²) in [5, 5.41) is 3.38. The molecule has 0 fully saturated rings. The zero-order valence-electron chi connectivity index (χ0n) is 10.6. The summed E-state index contributed by atoms with van der Waals surface area (Å²) in [6.07, 6.45) is 0. The smallest absolute Gasteiger partial charge is 0.248 e. The molecule has 19 heavy (non-hydrogen) atoms. The van der Waals surface area contributed by atoms with Gasteiger partial charge in [-0.15, -0.1) is 0 Å². The van der Waals surface area contributed by atoms with E-state index in [1.165, 1.54) is 5.56 Å². The molecule has 1 amide bonds. The monoisotopic (exact) mass is 318 g/mol. The van der Waals surface area contributed by atoms with E-state index in [-0.39, 0.29) is 6.04 Å². The molecular weight excluding hydrogens is 304 g/mol. The number of amides is 1. The van der Waals surface area contributed by atoms with Crippen LogP contribution in [0.1, 0.15) is 28.9 Å². The predicted molar refractivity (Wildman–Crippen MR) is 81.1 cm³/mol. The van der Waals surface area contributed by atoms with Crippen molar-refractivity contribution in [1.82, 2.24) is 0 Å². The van der Waals surface area contributed by atoms with Gasteiger partial charge in [0.15, 0.2) is 0 Å². The molecule has 0 aliphatic heterocycles. The summed E-state index contributed by atoms with van der Waals surface area (Å²) in [6.45, 7) is 2.09. The Kier molecular flexibility index (Phi) is 4.22. The van der Waals surface area contributed by atoms with Crippen LogP contribution in [0.5, 0.6) is 0 Å². The van der Waals surface area contributed by atoms with Gasteiger partial charge >= 0.3 is 0 Å². The maximum absolute atomic E-state index is 11.0.